The molecule has 0 spiro atoms. The van der Waals surface area contributed by atoms with Crippen molar-refractivity contribution in [3.63, 3.8) is 0 Å². The Labute approximate surface area is 136 Å². The second kappa shape index (κ2) is 6.62. The second-order valence-electron chi connectivity index (χ2n) is 4.88. The summed E-state index contributed by atoms with van der Waals surface area (Å²) in [4.78, 5) is 11.9. The molecule has 24 heavy (non-hydrogen) atoms. The van der Waals surface area contributed by atoms with Crippen LogP contribution in [-0.4, -0.2) is 11.1 Å². The number of nitrogens with zero attached hydrogens (tertiary/aromatic N) is 3. The fourth-order valence-electron chi connectivity index (χ4n) is 2.10. The molecule has 0 radical (unpaired) electrons. The maximum Gasteiger partial charge on any atom is 0.338 e. The number of benzene rings is 2. The van der Waals surface area contributed by atoms with Crippen LogP contribution < -0.4 is 4.90 Å². The maximum atomic E-state index is 11.9. The van der Waals surface area contributed by atoms with Gasteiger partial charge in [0, 0.05) is 10.7 Å². The summed E-state index contributed by atoms with van der Waals surface area (Å²) in [5.74, 6) is -0.407. The van der Waals surface area contributed by atoms with Gasteiger partial charge in [0.05, 0.1) is 5.56 Å². The van der Waals surface area contributed by atoms with E-state index < -0.39 is 5.97 Å². The summed E-state index contributed by atoms with van der Waals surface area (Å²) < 4.78 is 9.65. The minimum Gasteiger partial charge on any atom is -0.457 e. The lowest BCUT2D eigenvalue weighted by Gasteiger charge is -2.05. The number of carbonyl (C=O) groups excluding carboxylic acids is 1. The first-order valence-corrected chi connectivity index (χ1v) is 7.00. The molecule has 0 unspecified atom stereocenters. The molecule has 118 valence electrons. The van der Waals surface area contributed by atoms with Crippen LogP contribution in [0.1, 0.15) is 21.6 Å². The number of hydrogen-bond donors (Lipinski definition) is 0. The summed E-state index contributed by atoms with van der Waals surface area (Å²) in [7, 11) is 0. The quantitative estimate of drug-likeness (QED) is 0.539. The molecule has 0 N–H and O–H groups in total. The van der Waals surface area contributed by atoms with Crippen molar-refractivity contribution in [3.05, 3.63) is 76.6 Å². The predicted octanol–water partition coefficient (Wildman–Crippen LogP) is 2.20. The Morgan fingerprint density at radius 3 is 2.58 bits per heavy atom. The van der Waals surface area contributed by atoms with Gasteiger partial charge in [-0.15, -0.1) is 0 Å². The maximum absolute atomic E-state index is 11.9. The second-order valence-corrected chi connectivity index (χ2v) is 4.88. The lowest BCUT2D eigenvalue weighted by atomic mass is 10.1. The summed E-state index contributed by atoms with van der Waals surface area (Å²) in [5.41, 5.74) is 1.76. The van der Waals surface area contributed by atoms with E-state index >= 15 is 0 Å². The van der Waals surface area contributed by atoms with Crippen molar-refractivity contribution in [2.75, 3.05) is 0 Å². The van der Waals surface area contributed by atoms with E-state index in [1.165, 1.54) is 0 Å². The summed E-state index contributed by atoms with van der Waals surface area (Å²) in [6.45, 7) is 0.111. The van der Waals surface area contributed by atoms with Gasteiger partial charge in [-0.2, -0.15) is 5.26 Å². The van der Waals surface area contributed by atoms with Crippen molar-refractivity contribution in [1.82, 2.24) is 5.16 Å². The molecule has 1 aromatic heterocycles. The number of rotatable bonds is 4. The molecule has 2 aromatic carbocycles. The van der Waals surface area contributed by atoms with Gasteiger partial charge in [0.1, 0.15) is 6.61 Å². The van der Waals surface area contributed by atoms with Gasteiger partial charge in [-0.3, -0.25) is 4.63 Å². The molecule has 7 heteroatoms. The average Bonchev–Trinajstić information content (AvgIpc) is 3.01. The first-order chi connectivity index (χ1) is 11.7. The third-order valence-electron chi connectivity index (χ3n) is 3.33. The lowest BCUT2D eigenvalue weighted by Crippen LogP contribution is -2.26. The molecule has 0 amide bonds. The highest BCUT2D eigenvalue weighted by molar-refractivity contribution is 5.89. The van der Waals surface area contributed by atoms with E-state index in [0.29, 0.717) is 11.1 Å². The highest BCUT2D eigenvalue weighted by atomic mass is 16.8. The van der Waals surface area contributed by atoms with Crippen LogP contribution in [0.3, 0.4) is 0 Å². The molecule has 0 aliphatic rings. The summed E-state index contributed by atoms with van der Waals surface area (Å²) >= 11 is 0. The van der Waals surface area contributed by atoms with Gasteiger partial charge in [-0.1, -0.05) is 30.3 Å². The van der Waals surface area contributed by atoms with Gasteiger partial charge < -0.3 is 9.94 Å². The molecule has 3 rings (SSSR count). The first-order valence-electron chi connectivity index (χ1n) is 7.00. The fraction of sp³-hybridized carbons (Fsp3) is 0.0588. The van der Waals surface area contributed by atoms with Crippen LogP contribution in [0.2, 0.25) is 0 Å². The Morgan fingerprint density at radius 2 is 1.92 bits per heavy atom. The monoisotopic (exact) mass is 321 g/mol. The first kappa shape index (κ1) is 15.2. The molecule has 0 fully saturated rings. The zero-order chi connectivity index (χ0) is 16.9. The third-order valence-corrected chi connectivity index (χ3v) is 3.33. The lowest BCUT2D eigenvalue weighted by molar-refractivity contribution is -0.804. The van der Waals surface area contributed by atoms with Gasteiger partial charge in [0.2, 0.25) is 0 Å². The molecule has 0 saturated heterocycles. The standard InChI is InChI=1S/C17H11N3O4/c18-10-15-16(19-24-20(15)22)13-8-6-12(7-9-13)11-23-17(21)14-4-2-1-3-5-14/h1-9H,11H2. The number of ether oxygens (including phenoxy) is 1. The Bertz CT molecular complexity index is 896. The van der Waals surface area contributed by atoms with E-state index in [-0.39, 0.29) is 22.9 Å². The molecule has 0 aliphatic carbocycles. The molecule has 0 saturated carbocycles. The van der Waals surface area contributed by atoms with Gasteiger partial charge in [0.25, 0.3) is 5.69 Å². The summed E-state index contributed by atoms with van der Waals surface area (Å²) in [5, 5.41) is 23.7. The Kier molecular flexibility index (Phi) is 4.21. The number of hydrogen-bond acceptors (Lipinski definition) is 6. The highest BCUT2D eigenvalue weighted by Gasteiger charge is 2.20. The molecule has 0 bridgehead atoms. The van der Waals surface area contributed by atoms with Crippen molar-refractivity contribution < 1.29 is 19.1 Å². The number of nitriles is 1. The van der Waals surface area contributed by atoms with Crippen LogP contribution in [0.4, 0.5) is 0 Å². The van der Waals surface area contributed by atoms with Crippen molar-refractivity contribution in [1.29, 1.82) is 5.26 Å². The SMILES string of the molecule is N#Cc1c(-c2ccc(COC(=O)c3ccccc3)cc2)no[n+]1[O-]. The molecular formula is C17H11N3O4. The van der Waals surface area contributed by atoms with Crippen LogP contribution in [-0.2, 0) is 11.3 Å². The van der Waals surface area contributed by atoms with E-state index in [4.69, 9.17) is 10.00 Å². The van der Waals surface area contributed by atoms with E-state index in [1.807, 2.05) is 6.07 Å². The Hall–Kier alpha value is -3.66. The Morgan fingerprint density at radius 1 is 1.21 bits per heavy atom. The summed E-state index contributed by atoms with van der Waals surface area (Å²) in [6, 6.07) is 17.2. The molecule has 1 heterocycles. The largest absolute Gasteiger partial charge is 0.457 e. The molecule has 0 atom stereocenters. The van der Waals surface area contributed by atoms with E-state index in [1.54, 1.807) is 54.6 Å². The van der Waals surface area contributed by atoms with Crippen LogP contribution in [0, 0.1) is 16.5 Å². The smallest absolute Gasteiger partial charge is 0.338 e. The molecule has 0 aliphatic heterocycles. The van der Waals surface area contributed by atoms with Crippen molar-refractivity contribution >= 4 is 5.97 Å². The van der Waals surface area contributed by atoms with E-state index in [9.17, 15) is 10.0 Å². The number of carbonyl (C=O) groups is 1. The van der Waals surface area contributed by atoms with Crippen molar-refractivity contribution in [2.24, 2.45) is 0 Å². The van der Waals surface area contributed by atoms with Crippen LogP contribution in [0.25, 0.3) is 11.3 Å². The number of esters is 1. The normalized spacial score (nSPS) is 10.1. The summed E-state index contributed by atoms with van der Waals surface area (Å²) in [6.07, 6.45) is 0. The molecular weight excluding hydrogens is 310 g/mol. The number of aromatic nitrogens is 2. The minimum atomic E-state index is -0.407. The Balaban J connectivity index is 1.69. The van der Waals surface area contributed by atoms with E-state index in [0.717, 1.165) is 5.56 Å². The topological polar surface area (TPSA) is 103 Å². The highest BCUT2D eigenvalue weighted by Crippen LogP contribution is 2.20. The van der Waals surface area contributed by atoms with Gasteiger partial charge in [-0.25, -0.2) is 4.79 Å². The molecule has 3 aromatic rings. The van der Waals surface area contributed by atoms with Gasteiger partial charge >= 0.3 is 11.7 Å². The van der Waals surface area contributed by atoms with Gasteiger partial charge in [-0.05, 0) is 34.7 Å². The fourth-order valence-corrected chi connectivity index (χ4v) is 2.10. The van der Waals surface area contributed by atoms with Crippen molar-refractivity contribution in [3.8, 4) is 17.3 Å². The van der Waals surface area contributed by atoms with Crippen LogP contribution in [0.15, 0.2) is 59.2 Å². The minimum absolute atomic E-state index is 0.0604. The zero-order valence-electron chi connectivity index (χ0n) is 12.4. The predicted molar refractivity (Wildman–Crippen MR) is 81.2 cm³/mol. The van der Waals surface area contributed by atoms with Crippen LogP contribution >= 0.6 is 0 Å². The van der Waals surface area contributed by atoms with E-state index in [2.05, 4.69) is 9.79 Å². The zero-order valence-corrected chi connectivity index (χ0v) is 12.4. The average molecular weight is 321 g/mol. The van der Waals surface area contributed by atoms with Crippen molar-refractivity contribution in [2.45, 2.75) is 6.61 Å². The third kappa shape index (κ3) is 3.08. The molecule has 7 nitrogen and oxygen atoms in total. The van der Waals surface area contributed by atoms with Crippen LogP contribution in [0.5, 0.6) is 0 Å². The van der Waals surface area contributed by atoms with Gasteiger partial charge in [0.15, 0.2) is 6.07 Å².